The Kier molecular flexibility index (Phi) is 3.93. The van der Waals surface area contributed by atoms with Crippen LogP contribution in [0.2, 0.25) is 0 Å². The molecular formula is C10H19N3. The molecule has 0 radical (unpaired) electrons. The molecule has 0 bridgehead atoms. The van der Waals surface area contributed by atoms with Gasteiger partial charge < -0.3 is 0 Å². The molecule has 0 aromatic carbocycles. The monoisotopic (exact) mass is 181 g/mol. The summed E-state index contributed by atoms with van der Waals surface area (Å²) >= 11 is 0. The van der Waals surface area contributed by atoms with Crippen molar-refractivity contribution in [3.8, 4) is 0 Å². The predicted octanol–water partition coefficient (Wildman–Crippen LogP) is 2.59. The zero-order valence-electron chi connectivity index (χ0n) is 8.82. The molecule has 1 aromatic rings. The molecule has 0 aliphatic carbocycles. The zero-order valence-corrected chi connectivity index (χ0v) is 8.82. The van der Waals surface area contributed by atoms with E-state index in [1.165, 1.54) is 19.3 Å². The smallest absolute Gasteiger partial charge is 0.0827 e. The fourth-order valence-corrected chi connectivity index (χ4v) is 1.24. The van der Waals surface area contributed by atoms with Gasteiger partial charge in [-0.15, -0.1) is 5.10 Å². The van der Waals surface area contributed by atoms with E-state index in [0.717, 1.165) is 12.1 Å². The van der Waals surface area contributed by atoms with Crippen molar-refractivity contribution < 1.29 is 0 Å². The van der Waals surface area contributed by atoms with Crippen LogP contribution in [0.4, 0.5) is 0 Å². The Balaban J connectivity index is 2.40. The standard InChI is InChI=1S/C10H19N3/c1-4-5-6-7-10-8-13(9(2)3)12-11-10/h8-9H,4-7H2,1-3H3. The summed E-state index contributed by atoms with van der Waals surface area (Å²) in [6.45, 7) is 6.44. The predicted molar refractivity (Wildman–Crippen MR) is 53.6 cm³/mol. The highest BCUT2D eigenvalue weighted by Crippen LogP contribution is 2.06. The number of hydrogen-bond donors (Lipinski definition) is 0. The first-order chi connectivity index (χ1) is 6.24. The van der Waals surface area contributed by atoms with E-state index >= 15 is 0 Å². The van der Waals surface area contributed by atoms with E-state index in [9.17, 15) is 0 Å². The Morgan fingerprint density at radius 1 is 1.38 bits per heavy atom. The van der Waals surface area contributed by atoms with Gasteiger partial charge in [0.2, 0.25) is 0 Å². The minimum Gasteiger partial charge on any atom is -0.250 e. The van der Waals surface area contributed by atoms with Gasteiger partial charge in [-0.25, -0.2) is 4.68 Å². The van der Waals surface area contributed by atoms with Crippen LogP contribution in [-0.2, 0) is 6.42 Å². The van der Waals surface area contributed by atoms with Crippen molar-refractivity contribution in [2.24, 2.45) is 0 Å². The highest BCUT2D eigenvalue weighted by atomic mass is 15.4. The molecular weight excluding hydrogens is 162 g/mol. The highest BCUT2D eigenvalue weighted by molar-refractivity contribution is 4.92. The molecule has 0 atom stereocenters. The molecule has 3 nitrogen and oxygen atoms in total. The van der Waals surface area contributed by atoms with Crippen molar-refractivity contribution in [3.05, 3.63) is 11.9 Å². The fraction of sp³-hybridized carbons (Fsp3) is 0.800. The third kappa shape index (κ3) is 3.17. The van der Waals surface area contributed by atoms with Gasteiger partial charge in [0.25, 0.3) is 0 Å². The Morgan fingerprint density at radius 2 is 2.15 bits per heavy atom. The van der Waals surface area contributed by atoms with Crippen molar-refractivity contribution in [1.82, 2.24) is 15.0 Å². The molecule has 13 heavy (non-hydrogen) atoms. The number of hydrogen-bond acceptors (Lipinski definition) is 2. The van der Waals surface area contributed by atoms with E-state index in [1.54, 1.807) is 0 Å². The summed E-state index contributed by atoms with van der Waals surface area (Å²) in [5.41, 5.74) is 1.13. The molecule has 0 aliphatic heterocycles. The van der Waals surface area contributed by atoms with E-state index in [0.29, 0.717) is 6.04 Å². The first-order valence-corrected chi connectivity index (χ1v) is 5.14. The molecule has 74 valence electrons. The van der Waals surface area contributed by atoms with Gasteiger partial charge in [-0.1, -0.05) is 25.0 Å². The van der Waals surface area contributed by atoms with Gasteiger partial charge in [0.15, 0.2) is 0 Å². The molecule has 0 saturated heterocycles. The number of rotatable bonds is 5. The average molecular weight is 181 g/mol. The normalized spacial score (nSPS) is 11.1. The number of nitrogens with zero attached hydrogens (tertiary/aromatic N) is 3. The summed E-state index contributed by atoms with van der Waals surface area (Å²) in [6, 6.07) is 0.424. The molecule has 1 heterocycles. The van der Waals surface area contributed by atoms with Gasteiger partial charge in [0.05, 0.1) is 5.69 Å². The second-order valence-corrected chi connectivity index (χ2v) is 3.74. The van der Waals surface area contributed by atoms with Gasteiger partial charge in [-0.3, -0.25) is 0 Å². The lowest BCUT2D eigenvalue weighted by Crippen LogP contribution is -2.00. The molecule has 0 fully saturated rings. The van der Waals surface area contributed by atoms with E-state index in [4.69, 9.17) is 0 Å². The van der Waals surface area contributed by atoms with Crippen LogP contribution < -0.4 is 0 Å². The molecule has 0 saturated carbocycles. The molecule has 0 N–H and O–H groups in total. The van der Waals surface area contributed by atoms with Crippen LogP contribution in [0, 0.1) is 0 Å². The summed E-state index contributed by atoms with van der Waals surface area (Å²) < 4.78 is 1.92. The summed E-state index contributed by atoms with van der Waals surface area (Å²) in [4.78, 5) is 0. The van der Waals surface area contributed by atoms with Gasteiger partial charge in [0.1, 0.15) is 0 Å². The van der Waals surface area contributed by atoms with E-state index in [2.05, 4.69) is 37.3 Å². The van der Waals surface area contributed by atoms with Crippen LogP contribution in [0.5, 0.6) is 0 Å². The minimum atomic E-state index is 0.424. The van der Waals surface area contributed by atoms with Crippen molar-refractivity contribution in [3.63, 3.8) is 0 Å². The molecule has 1 aromatic heterocycles. The Bertz CT molecular complexity index is 240. The maximum atomic E-state index is 4.12. The first-order valence-electron chi connectivity index (χ1n) is 5.14. The van der Waals surface area contributed by atoms with E-state index < -0.39 is 0 Å². The van der Waals surface area contributed by atoms with Crippen molar-refractivity contribution >= 4 is 0 Å². The van der Waals surface area contributed by atoms with Crippen molar-refractivity contribution in [2.75, 3.05) is 0 Å². The lowest BCUT2D eigenvalue weighted by atomic mass is 10.2. The van der Waals surface area contributed by atoms with E-state index in [1.807, 2.05) is 4.68 Å². The summed E-state index contributed by atoms with van der Waals surface area (Å²) in [5, 5.41) is 8.18. The first kappa shape index (κ1) is 10.2. The van der Waals surface area contributed by atoms with Gasteiger partial charge in [-0.05, 0) is 26.7 Å². The Labute approximate surface area is 80.1 Å². The van der Waals surface area contributed by atoms with Gasteiger partial charge in [-0.2, -0.15) is 0 Å². The molecule has 3 heteroatoms. The van der Waals surface area contributed by atoms with Crippen LogP contribution >= 0.6 is 0 Å². The molecule has 0 unspecified atom stereocenters. The lowest BCUT2D eigenvalue weighted by molar-refractivity contribution is 0.514. The third-order valence-corrected chi connectivity index (χ3v) is 2.12. The second kappa shape index (κ2) is 5.00. The van der Waals surface area contributed by atoms with Crippen LogP contribution in [0.15, 0.2) is 6.20 Å². The van der Waals surface area contributed by atoms with Crippen LogP contribution in [0.25, 0.3) is 0 Å². The average Bonchev–Trinajstić information content (AvgIpc) is 2.53. The highest BCUT2D eigenvalue weighted by Gasteiger charge is 2.02. The molecule has 1 rings (SSSR count). The third-order valence-electron chi connectivity index (χ3n) is 2.12. The number of aromatic nitrogens is 3. The minimum absolute atomic E-state index is 0.424. The van der Waals surface area contributed by atoms with E-state index in [-0.39, 0.29) is 0 Å². The van der Waals surface area contributed by atoms with Gasteiger partial charge >= 0.3 is 0 Å². The summed E-state index contributed by atoms with van der Waals surface area (Å²) in [7, 11) is 0. The largest absolute Gasteiger partial charge is 0.250 e. The topological polar surface area (TPSA) is 30.7 Å². The van der Waals surface area contributed by atoms with Crippen molar-refractivity contribution in [2.45, 2.75) is 52.5 Å². The molecule has 0 spiro atoms. The number of aryl methyl sites for hydroxylation is 1. The van der Waals surface area contributed by atoms with Crippen LogP contribution in [0.1, 0.15) is 51.8 Å². The lowest BCUT2D eigenvalue weighted by Gasteiger charge is -2.00. The Morgan fingerprint density at radius 3 is 2.69 bits per heavy atom. The maximum absolute atomic E-state index is 4.12. The van der Waals surface area contributed by atoms with Gasteiger partial charge in [0, 0.05) is 12.2 Å². The maximum Gasteiger partial charge on any atom is 0.0827 e. The Hall–Kier alpha value is -0.860. The second-order valence-electron chi connectivity index (χ2n) is 3.74. The van der Waals surface area contributed by atoms with Crippen LogP contribution in [-0.4, -0.2) is 15.0 Å². The fourth-order valence-electron chi connectivity index (χ4n) is 1.24. The summed E-state index contributed by atoms with van der Waals surface area (Å²) in [6.07, 6.45) is 6.90. The SMILES string of the molecule is CCCCCc1cn(C(C)C)nn1. The quantitative estimate of drug-likeness (QED) is 0.654. The molecule has 0 amide bonds. The summed E-state index contributed by atoms with van der Waals surface area (Å²) in [5.74, 6) is 0. The molecule has 0 aliphatic rings. The number of unbranched alkanes of at least 4 members (excludes halogenated alkanes) is 2. The zero-order chi connectivity index (χ0) is 9.68. The van der Waals surface area contributed by atoms with Crippen molar-refractivity contribution in [1.29, 1.82) is 0 Å². The van der Waals surface area contributed by atoms with Crippen LogP contribution in [0.3, 0.4) is 0 Å².